The first-order chi connectivity index (χ1) is 14.4. The van der Waals surface area contributed by atoms with Crippen LogP contribution in [0.3, 0.4) is 0 Å². The minimum atomic E-state index is -0.544. The van der Waals surface area contributed by atoms with Gasteiger partial charge in [0.2, 0.25) is 5.91 Å². The third-order valence-corrected chi connectivity index (χ3v) is 5.67. The molecule has 1 aromatic heterocycles. The molecule has 8 heteroatoms. The lowest BCUT2D eigenvalue weighted by atomic mass is 9.86. The molecule has 1 heterocycles. The van der Waals surface area contributed by atoms with Crippen LogP contribution < -0.4 is 26.0 Å². The fourth-order valence-electron chi connectivity index (χ4n) is 4.02. The molecule has 2 atom stereocenters. The van der Waals surface area contributed by atoms with E-state index in [1.54, 1.807) is 12.1 Å². The average Bonchev–Trinajstić information content (AvgIpc) is 2.71. The number of aromatic nitrogens is 2. The van der Waals surface area contributed by atoms with Crippen LogP contribution in [0.25, 0.3) is 10.9 Å². The largest absolute Gasteiger partial charge is 0.490 e. The molecule has 8 nitrogen and oxygen atoms in total. The highest BCUT2D eigenvalue weighted by atomic mass is 16.5. The van der Waals surface area contributed by atoms with E-state index in [9.17, 15) is 14.4 Å². The SMILES string of the molecule is CCOc1cc2[nH]c(=O)n(CCC(=O)N[C@@H]3CCCC[C@@H]3C)c(=O)c2cc1OCC. The number of hydrogen-bond donors (Lipinski definition) is 2. The first-order valence-corrected chi connectivity index (χ1v) is 10.8. The topological polar surface area (TPSA) is 102 Å². The van der Waals surface area contributed by atoms with Gasteiger partial charge in [-0.15, -0.1) is 0 Å². The predicted molar refractivity (Wildman–Crippen MR) is 115 cm³/mol. The van der Waals surface area contributed by atoms with Crippen LogP contribution in [0.1, 0.15) is 52.9 Å². The number of hydrogen-bond acceptors (Lipinski definition) is 5. The Bertz CT molecular complexity index is 1010. The number of nitrogens with one attached hydrogen (secondary N) is 2. The molecule has 1 fully saturated rings. The van der Waals surface area contributed by atoms with Crippen LogP contribution in [0.4, 0.5) is 0 Å². The van der Waals surface area contributed by atoms with E-state index in [0.29, 0.717) is 41.5 Å². The Morgan fingerprint density at radius 1 is 1.13 bits per heavy atom. The summed E-state index contributed by atoms with van der Waals surface area (Å²) in [5.41, 5.74) is -0.608. The van der Waals surface area contributed by atoms with Crippen LogP contribution in [-0.2, 0) is 11.3 Å². The maximum atomic E-state index is 12.9. The lowest BCUT2D eigenvalue weighted by Crippen LogP contribution is -2.42. The van der Waals surface area contributed by atoms with Gasteiger partial charge in [-0.3, -0.25) is 14.2 Å². The van der Waals surface area contributed by atoms with Crippen molar-refractivity contribution in [3.05, 3.63) is 33.0 Å². The highest BCUT2D eigenvalue weighted by Gasteiger charge is 2.23. The van der Waals surface area contributed by atoms with Crippen molar-refractivity contribution >= 4 is 16.8 Å². The summed E-state index contributed by atoms with van der Waals surface area (Å²) in [4.78, 5) is 40.6. The van der Waals surface area contributed by atoms with Gasteiger partial charge in [0.25, 0.3) is 5.56 Å². The standard InChI is InChI=1S/C22H31N3O5/c1-4-29-18-12-15-17(13-19(18)30-5-2)24-22(28)25(21(15)27)11-10-20(26)23-16-9-7-6-8-14(16)3/h12-14,16H,4-11H2,1-3H3,(H,23,26)(H,24,28)/t14-,16+/m0/s1. The van der Waals surface area contributed by atoms with Gasteiger partial charge in [-0.2, -0.15) is 0 Å². The lowest BCUT2D eigenvalue weighted by Gasteiger charge is -2.29. The third-order valence-electron chi connectivity index (χ3n) is 5.67. The van der Waals surface area contributed by atoms with E-state index in [2.05, 4.69) is 17.2 Å². The minimum absolute atomic E-state index is 0.0220. The normalized spacial score (nSPS) is 18.9. The number of fused-ring (bicyclic) bond motifs is 1. The van der Waals surface area contributed by atoms with Crippen LogP contribution in [0.15, 0.2) is 21.7 Å². The summed E-state index contributed by atoms with van der Waals surface area (Å²) < 4.78 is 12.2. The van der Waals surface area contributed by atoms with Crippen molar-refractivity contribution in [3.63, 3.8) is 0 Å². The van der Waals surface area contributed by atoms with Crippen molar-refractivity contribution in [2.45, 2.75) is 65.5 Å². The van der Waals surface area contributed by atoms with E-state index in [1.165, 1.54) is 6.42 Å². The molecule has 0 radical (unpaired) electrons. The number of nitrogens with zero attached hydrogens (tertiary/aromatic N) is 1. The fourth-order valence-corrected chi connectivity index (χ4v) is 4.02. The Morgan fingerprint density at radius 3 is 2.47 bits per heavy atom. The summed E-state index contributed by atoms with van der Waals surface area (Å²) in [6.45, 7) is 6.71. The summed E-state index contributed by atoms with van der Waals surface area (Å²) in [5.74, 6) is 1.24. The van der Waals surface area contributed by atoms with Crippen LogP contribution in [0.2, 0.25) is 0 Å². The van der Waals surface area contributed by atoms with Gasteiger partial charge in [0.05, 0.1) is 24.1 Å². The van der Waals surface area contributed by atoms with Gasteiger partial charge in [0.1, 0.15) is 0 Å². The van der Waals surface area contributed by atoms with Crippen molar-refractivity contribution in [3.8, 4) is 11.5 Å². The summed E-state index contributed by atoms with van der Waals surface area (Å²) in [6, 6.07) is 3.36. The number of amides is 1. The van der Waals surface area contributed by atoms with E-state index < -0.39 is 11.2 Å². The first-order valence-electron chi connectivity index (χ1n) is 10.8. The maximum absolute atomic E-state index is 12.9. The molecule has 164 valence electrons. The van der Waals surface area contributed by atoms with Gasteiger partial charge in [0.15, 0.2) is 11.5 Å². The average molecular weight is 418 g/mol. The smallest absolute Gasteiger partial charge is 0.328 e. The number of carbonyl (C=O) groups excluding carboxylic acids is 1. The van der Waals surface area contributed by atoms with Gasteiger partial charge >= 0.3 is 5.69 Å². The van der Waals surface area contributed by atoms with Gasteiger partial charge in [-0.25, -0.2) is 4.79 Å². The summed E-state index contributed by atoms with van der Waals surface area (Å²) in [6.07, 6.45) is 4.48. The predicted octanol–water partition coefficient (Wildman–Crippen LogP) is 2.57. The van der Waals surface area contributed by atoms with Crippen molar-refractivity contribution in [2.75, 3.05) is 13.2 Å². The van der Waals surface area contributed by atoms with Gasteiger partial charge in [-0.1, -0.05) is 19.8 Å². The number of H-pyrrole nitrogens is 1. The highest BCUT2D eigenvalue weighted by molar-refractivity contribution is 5.81. The molecule has 2 N–H and O–H groups in total. The molecule has 0 unspecified atom stereocenters. The second kappa shape index (κ2) is 9.82. The Labute approximate surface area is 175 Å². The number of benzene rings is 1. The van der Waals surface area contributed by atoms with Crippen molar-refractivity contribution in [1.82, 2.24) is 14.9 Å². The molecular formula is C22H31N3O5. The summed E-state index contributed by atoms with van der Waals surface area (Å²) in [7, 11) is 0. The number of rotatable bonds is 8. The van der Waals surface area contributed by atoms with Gasteiger partial charge < -0.3 is 19.8 Å². The second-order valence-corrected chi connectivity index (χ2v) is 7.78. The Morgan fingerprint density at radius 2 is 1.80 bits per heavy atom. The molecule has 1 aliphatic rings. The minimum Gasteiger partial charge on any atom is -0.490 e. The van der Waals surface area contributed by atoms with Crippen LogP contribution >= 0.6 is 0 Å². The Hall–Kier alpha value is -2.77. The second-order valence-electron chi connectivity index (χ2n) is 7.78. The van der Waals surface area contributed by atoms with E-state index in [4.69, 9.17) is 9.47 Å². The lowest BCUT2D eigenvalue weighted by molar-refractivity contribution is -0.122. The van der Waals surface area contributed by atoms with E-state index in [-0.39, 0.29) is 24.9 Å². The summed E-state index contributed by atoms with van der Waals surface area (Å²) in [5, 5.41) is 3.38. The number of aromatic amines is 1. The highest BCUT2D eigenvalue weighted by Crippen LogP contribution is 2.30. The monoisotopic (exact) mass is 417 g/mol. The first kappa shape index (κ1) is 21.9. The molecule has 1 aromatic carbocycles. The Kier molecular flexibility index (Phi) is 7.18. The number of ether oxygens (including phenoxy) is 2. The molecule has 30 heavy (non-hydrogen) atoms. The van der Waals surface area contributed by atoms with Crippen LogP contribution in [0.5, 0.6) is 11.5 Å². The summed E-state index contributed by atoms with van der Waals surface area (Å²) >= 11 is 0. The fraction of sp³-hybridized carbons (Fsp3) is 0.591. The van der Waals surface area contributed by atoms with Crippen molar-refractivity contribution in [1.29, 1.82) is 0 Å². The molecule has 1 amide bonds. The Balaban J connectivity index is 1.81. The van der Waals surface area contributed by atoms with Crippen LogP contribution in [0, 0.1) is 5.92 Å². The zero-order valence-electron chi connectivity index (χ0n) is 18.0. The number of carbonyl (C=O) groups is 1. The molecule has 1 saturated carbocycles. The third kappa shape index (κ3) is 4.86. The molecule has 1 aliphatic carbocycles. The van der Waals surface area contributed by atoms with Crippen LogP contribution in [-0.4, -0.2) is 34.7 Å². The van der Waals surface area contributed by atoms with Crippen molar-refractivity contribution in [2.24, 2.45) is 5.92 Å². The molecule has 0 bridgehead atoms. The molecule has 3 rings (SSSR count). The molecule has 0 aliphatic heterocycles. The van der Waals surface area contributed by atoms with Gasteiger partial charge in [-0.05, 0) is 38.7 Å². The zero-order chi connectivity index (χ0) is 21.7. The quantitative estimate of drug-likeness (QED) is 0.687. The zero-order valence-corrected chi connectivity index (χ0v) is 18.0. The molecular weight excluding hydrogens is 386 g/mol. The maximum Gasteiger partial charge on any atom is 0.328 e. The molecule has 0 saturated heterocycles. The van der Waals surface area contributed by atoms with E-state index >= 15 is 0 Å². The molecule has 2 aromatic rings. The van der Waals surface area contributed by atoms with Gasteiger partial charge in [0, 0.05) is 25.1 Å². The van der Waals surface area contributed by atoms with E-state index in [0.717, 1.165) is 23.8 Å². The van der Waals surface area contributed by atoms with E-state index in [1.807, 2.05) is 13.8 Å². The molecule has 0 spiro atoms. The van der Waals surface area contributed by atoms with Crippen molar-refractivity contribution < 1.29 is 14.3 Å².